The van der Waals surface area contributed by atoms with E-state index in [1.54, 1.807) is 0 Å². The standard InChI is InChI=1S/C8H10BrCl2O2.Rf/c1-8(2,3)13-4-5(9)6(12)7(10)11;/h4H,1-3H3;/q-1;/b5-4-;. The van der Waals surface area contributed by atoms with Crippen molar-refractivity contribution in [3.63, 3.8) is 0 Å². The van der Waals surface area contributed by atoms with Crippen LogP contribution in [0, 0.1) is 4.84 Å². The number of allylic oxidation sites excluding steroid dienone is 1. The normalized spacial score (nSPS) is 11.7. The van der Waals surface area contributed by atoms with Crippen LogP contribution in [0.2, 0.25) is 0 Å². The molecule has 0 aliphatic rings. The zero-order chi connectivity index (χ0) is 10.6. The van der Waals surface area contributed by atoms with Crippen LogP contribution in [0.5, 0.6) is 0 Å². The summed E-state index contributed by atoms with van der Waals surface area (Å²) in [7, 11) is 0. The fourth-order valence-electron chi connectivity index (χ4n) is 0.372. The molecule has 0 spiro atoms. The quantitative estimate of drug-likeness (QED) is 0.302. The number of hydrogen-bond donors (Lipinski definition) is 0. The molecule has 14 heavy (non-hydrogen) atoms. The Bertz CT molecular complexity index is 224. The number of ether oxygens (including phenoxy) is 1. The monoisotopic (exact) mass is 554 g/mol. The fourth-order valence-corrected chi connectivity index (χ4v) is 1.10. The third-order valence-electron chi connectivity index (χ3n) is 0.905. The third kappa shape index (κ3) is 6.63. The molecular formula is C8H10BrCl2O2Rf-. The molecule has 0 amide bonds. The third-order valence-corrected chi connectivity index (χ3v) is 1.79. The summed E-state index contributed by atoms with van der Waals surface area (Å²) in [5.74, 6) is -0.493. The van der Waals surface area contributed by atoms with Crippen LogP contribution in [0.3, 0.4) is 0 Å². The molecule has 2 nitrogen and oxygen atoms in total. The van der Waals surface area contributed by atoms with E-state index in [0.717, 1.165) is 0 Å². The van der Waals surface area contributed by atoms with E-state index in [2.05, 4.69) is 15.9 Å². The van der Waals surface area contributed by atoms with Gasteiger partial charge in [-0.15, -0.1) is 0 Å². The van der Waals surface area contributed by atoms with Crippen molar-refractivity contribution < 1.29 is 9.53 Å². The summed E-state index contributed by atoms with van der Waals surface area (Å²) in [5.41, 5.74) is -0.349. The van der Waals surface area contributed by atoms with Gasteiger partial charge in [-0.1, -0.05) is 0 Å². The summed E-state index contributed by atoms with van der Waals surface area (Å²) in [4.78, 5) is 10.7. The Balaban J connectivity index is 0. The van der Waals surface area contributed by atoms with Gasteiger partial charge in [0.15, 0.2) is 0 Å². The Morgan fingerprint density at radius 3 is 2.14 bits per heavy atom. The second-order valence-electron chi connectivity index (χ2n) is 3.29. The molecule has 0 atom stereocenters. The van der Waals surface area contributed by atoms with Gasteiger partial charge in [0, 0.05) is 11.1 Å². The number of carbonyl (C=O) groups excluding carboxylic acids is 1. The summed E-state index contributed by atoms with van der Waals surface area (Å²) < 4.78 is 5.40. The predicted octanol–water partition coefficient (Wildman–Crippen LogP) is 3.57. The smallest absolute Gasteiger partial charge is 0.0975 e. The van der Waals surface area contributed by atoms with E-state index in [0.29, 0.717) is 0 Å². The minimum absolute atomic E-state index is 0. The predicted molar refractivity (Wildman–Crippen MR) is 57.8 cm³/mol. The van der Waals surface area contributed by atoms with Gasteiger partial charge in [0.25, 0.3) is 0 Å². The summed E-state index contributed by atoms with van der Waals surface area (Å²) in [6, 6.07) is 0. The van der Waals surface area contributed by atoms with Gasteiger partial charge < -0.3 is 9.53 Å². The van der Waals surface area contributed by atoms with Crippen LogP contribution in [0.25, 0.3) is 0 Å². The molecular weight excluding hydrogens is 546 g/mol. The van der Waals surface area contributed by atoms with Crippen molar-refractivity contribution in [2.45, 2.75) is 26.4 Å². The van der Waals surface area contributed by atoms with Gasteiger partial charge in [0.05, 0.1) is 11.4 Å². The number of carbonyl (C=O) groups is 1. The van der Waals surface area contributed by atoms with E-state index in [9.17, 15) is 4.79 Å². The topological polar surface area (TPSA) is 26.3 Å². The molecule has 0 bridgehead atoms. The molecule has 0 rings (SSSR count). The Labute approximate surface area is 96.4 Å². The molecule has 6 heteroatoms. The minimum Gasteiger partial charge on any atom is -0.513 e. The maximum Gasteiger partial charge on any atom is 0.0975 e. The fraction of sp³-hybridized carbons (Fsp3) is 0.500. The van der Waals surface area contributed by atoms with Crippen molar-refractivity contribution >= 4 is 44.9 Å². The first-order chi connectivity index (χ1) is 5.74. The number of hydrogen-bond acceptors (Lipinski definition) is 2. The maximum absolute atomic E-state index is 11.1. The van der Waals surface area contributed by atoms with E-state index in [4.69, 9.17) is 27.9 Å². The number of ketones is 1. The molecule has 0 aromatic heterocycles. The molecule has 0 aromatic rings. The molecule has 0 heterocycles. The Morgan fingerprint density at radius 1 is 1.43 bits per heavy atom. The molecule has 0 aliphatic carbocycles. The van der Waals surface area contributed by atoms with Crippen LogP contribution in [0.15, 0.2) is 10.7 Å². The molecule has 0 N–H and O–H groups in total. The average molecular weight is 556 g/mol. The van der Waals surface area contributed by atoms with Crippen molar-refractivity contribution in [3.05, 3.63) is 15.6 Å². The van der Waals surface area contributed by atoms with Gasteiger partial charge in [-0.05, 0) is 25.3 Å². The van der Waals surface area contributed by atoms with Gasteiger partial charge in [0.1, 0.15) is 0 Å². The first-order valence-corrected chi connectivity index (χ1v) is 5.05. The van der Waals surface area contributed by atoms with Crippen LogP contribution in [0.4, 0.5) is 0 Å². The minimum atomic E-state index is -0.493. The molecule has 0 aliphatic heterocycles. The Morgan fingerprint density at radius 2 is 1.86 bits per heavy atom. The molecule has 0 radical (unpaired) electrons. The summed E-state index contributed by atoms with van der Waals surface area (Å²) in [6.45, 7) is 5.58. The van der Waals surface area contributed by atoms with Gasteiger partial charge in [-0.3, -0.25) is 0 Å². The summed E-state index contributed by atoms with van der Waals surface area (Å²) in [6.07, 6.45) is 1.28. The average Bonchev–Trinajstić information content (AvgIpc) is 1.97. The zero-order valence-corrected chi connectivity index (χ0v) is 17.7. The van der Waals surface area contributed by atoms with Crippen LogP contribution in [-0.4, -0.2) is 11.4 Å². The largest absolute Gasteiger partial charge is 0.513 e. The summed E-state index contributed by atoms with van der Waals surface area (Å²) in [5, 5.41) is 0. The van der Waals surface area contributed by atoms with Crippen molar-refractivity contribution in [3.8, 4) is 0 Å². The number of halogens is 3. The van der Waals surface area contributed by atoms with E-state index >= 15 is 0 Å². The van der Waals surface area contributed by atoms with Gasteiger partial charge >= 0.3 is 0 Å². The molecule has 0 saturated carbocycles. The van der Waals surface area contributed by atoms with E-state index in [1.165, 1.54) is 6.26 Å². The molecule has 0 aromatic carbocycles. The van der Waals surface area contributed by atoms with Crippen molar-refractivity contribution in [2.75, 3.05) is 0 Å². The Kier molecular flexibility index (Phi) is 6.45. The van der Waals surface area contributed by atoms with E-state index < -0.39 is 5.78 Å². The maximum atomic E-state index is 11.1. The second kappa shape index (κ2) is 5.78. The molecule has 0 fully saturated rings. The van der Waals surface area contributed by atoms with Crippen LogP contribution in [-0.2, 0) is 9.53 Å². The van der Waals surface area contributed by atoms with Crippen LogP contribution in [0.1, 0.15) is 20.8 Å². The van der Waals surface area contributed by atoms with Gasteiger partial charge in [-0.2, -0.15) is 39.1 Å². The molecule has 0 saturated heterocycles. The van der Waals surface area contributed by atoms with Crippen molar-refractivity contribution in [1.82, 2.24) is 0 Å². The number of Topliss-reactive ketones (excluding diaryl/α,β-unsaturated/α-hetero) is 1. The van der Waals surface area contributed by atoms with Crippen LogP contribution >= 0.6 is 39.1 Å². The SMILES string of the molecule is CC(C)(C)O/C=C(\Br)C(=O)[C-](Cl)Cl.[Rf]. The first-order valence-electron chi connectivity index (χ1n) is 3.50. The summed E-state index contributed by atoms with van der Waals surface area (Å²) >= 11 is 13.6. The Hall–Kier alpha value is -0.860. The van der Waals surface area contributed by atoms with Gasteiger partial charge in [-0.25, -0.2) is 0 Å². The number of rotatable bonds is 3. The molecule has 78 valence electrons. The van der Waals surface area contributed by atoms with Crippen molar-refractivity contribution in [1.29, 1.82) is 0 Å². The zero-order valence-electron chi connectivity index (χ0n) is 8.23. The van der Waals surface area contributed by atoms with E-state index in [-0.39, 0.29) is 14.9 Å². The van der Waals surface area contributed by atoms with Gasteiger partial charge in [0.2, 0.25) is 0 Å². The van der Waals surface area contributed by atoms with Crippen molar-refractivity contribution in [2.24, 2.45) is 0 Å². The molecule has 0 unspecified atom stereocenters. The van der Waals surface area contributed by atoms with E-state index in [1.807, 2.05) is 20.8 Å². The first kappa shape index (κ1) is 15.6. The second-order valence-corrected chi connectivity index (χ2v) is 5.09. The van der Waals surface area contributed by atoms with Crippen LogP contribution < -0.4 is 0 Å².